The first-order valence-corrected chi connectivity index (χ1v) is 5.65. The van der Waals surface area contributed by atoms with Gasteiger partial charge in [0.15, 0.2) is 0 Å². The Morgan fingerprint density at radius 2 is 1.85 bits per heavy atom. The standard InChI is InChI=1S/C12H21N/c1-9(2)7-8-13-12(10-3-4-10)11-5-6-11/h10-13H,1,3-8H2,2H3. The fraction of sp³-hybridized carbons (Fsp3) is 0.833. The Morgan fingerprint density at radius 1 is 1.31 bits per heavy atom. The van der Waals surface area contributed by atoms with Crippen molar-refractivity contribution in [3.05, 3.63) is 12.2 Å². The van der Waals surface area contributed by atoms with Crippen molar-refractivity contribution in [2.45, 2.75) is 45.1 Å². The molecule has 0 heterocycles. The maximum Gasteiger partial charge on any atom is 0.0124 e. The number of hydrogen-bond donors (Lipinski definition) is 1. The van der Waals surface area contributed by atoms with Gasteiger partial charge in [-0.15, -0.1) is 6.58 Å². The fourth-order valence-electron chi connectivity index (χ4n) is 2.08. The molecule has 0 atom stereocenters. The topological polar surface area (TPSA) is 12.0 Å². The molecule has 0 aromatic rings. The predicted octanol–water partition coefficient (Wildman–Crippen LogP) is 2.73. The fourth-order valence-corrected chi connectivity index (χ4v) is 2.08. The van der Waals surface area contributed by atoms with Gasteiger partial charge in [-0.25, -0.2) is 0 Å². The van der Waals surface area contributed by atoms with Crippen molar-refractivity contribution >= 4 is 0 Å². The van der Waals surface area contributed by atoms with Gasteiger partial charge in [0.05, 0.1) is 0 Å². The lowest BCUT2D eigenvalue weighted by molar-refractivity contribution is 0.420. The Morgan fingerprint density at radius 3 is 2.23 bits per heavy atom. The molecular formula is C12H21N. The second-order valence-electron chi connectivity index (χ2n) is 4.86. The molecule has 0 saturated heterocycles. The van der Waals surface area contributed by atoms with Crippen LogP contribution in [0.25, 0.3) is 0 Å². The van der Waals surface area contributed by atoms with Gasteiger partial charge in [-0.05, 0) is 57.4 Å². The van der Waals surface area contributed by atoms with Crippen LogP contribution in [-0.4, -0.2) is 12.6 Å². The Labute approximate surface area is 81.6 Å². The summed E-state index contributed by atoms with van der Waals surface area (Å²) in [7, 11) is 0. The lowest BCUT2D eigenvalue weighted by Crippen LogP contribution is -2.33. The van der Waals surface area contributed by atoms with Crippen molar-refractivity contribution in [2.24, 2.45) is 11.8 Å². The SMILES string of the molecule is C=C(C)CCNC(C1CC1)C1CC1. The van der Waals surface area contributed by atoms with Crippen LogP contribution in [0.1, 0.15) is 39.0 Å². The Balaban J connectivity index is 1.67. The summed E-state index contributed by atoms with van der Waals surface area (Å²) in [5, 5.41) is 3.71. The molecular weight excluding hydrogens is 158 g/mol. The average molecular weight is 179 g/mol. The van der Waals surface area contributed by atoms with Crippen molar-refractivity contribution in [3.8, 4) is 0 Å². The molecule has 2 fully saturated rings. The molecule has 1 N–H and O–H groups in total. The summed E-state index contributed by atoms with van der Waals surface area (Å²) in [6, 6.07) is 0.861. The first kappa shape index (κ1) is 9.26. The monoisotopic (exact) mass is 179 g/mol. The number of nitrogens with one attached hydrogen (secondary N) is 1. The molecule has 0 unspecified atom stereocenters. The molecule has 2 rings (SSSR count). The van der Waals surface area contributed by atoms with E-state index in [1.54, 1.807) is 0 Å². The molecule has 74 valence electrons. The van der Waals surface area contributed by atoms with Crippen molar-refractivity contribution in [3.63, 3.8) is 0 Å². The van der Waals surface area contributed by atoms with Gasteiger partial charge in [0.25, 0.3) is 0 Å². The first-order valence-electron chi connectivity index (χ1n) is 5.65. The van der Waals surface area contributed by atoms with Gasteiger partial charge in [-0.2, -0.15) is 0 Å². The van der Waals surface area contributed by atoms with E-state index in [-0.39, 0.29) is 0 Å². The zero-order valence-electron chi connectivity index (χ0n) is 8.68. The highest BCUT2D eigenvalue weighted by Gasteiger charge is 2.40. The van der Waals surface area contributed by atoms with E-state index in [0.29, 0.717) is 0 Å². The maximum atomic E-state index is 3.93. The van der Waals surface area contributed by atoms with Crippen molar-refractivity contribution in [1.82, 2.24) is 5.32 Å². The van der Waals surface area contributed by atoms with E-state index in [4.69, 9.17) is 0 Å². The van der Waals surface area contributed by atoms with E-state index < -0.39 is 0 Å². The molecule has 1 nitrogen and oxygen atoms in total. The van der Waals surface area contributed by atoms with Crippen LogP contribution in [0, 0.1) is 11.8 Å². The molecule has 0 aromatic carbocycles. The molecule has 0 amide bonds. The van der Waals surface area contributed by atoms with Gasteiger partial charge in [0.1, 0.15) is 0 Å². The molecule has 2 aliphatic rings. The third-order valence-corrected chi connectivity index (χ3v) is 3.19. The van der Waals surface area contributed by atoms with Crippen molar-refractivity contribution in [1.29, 1.82) is 0 Å². The van der Waals surface area contributed by atoms with E-state index in [1.165, 1.54) is 31.3 Å². The Hall–Kier alpha value is -0.300. The first-order chi connectivity index (χ1) is 6.27. The summed E-state index contributed by atoms with van der Waals surface area (Å²) >= 11 is 0. The summed E-state index contributed by atoms with van der Waals surface area (Å²) in [6.07, 6.45) is 7.04. The highest BCUT2D eigenvalue weighted by atomic mass is 14.9. The molecule has 13 heavy (non-hydrogen) atoms. The van der Waals surface area contributed by atoms with Gasteiger partial charge >= 0.3 is 0 Å². The number of hydrogen-bond acceptors (Lipinski definition) is 1. The third-order valence-electron chi connectivity index (χ3n) is 3.19. The minimum Gasteiger partial charge on any atom is -0.313 e. The lowest BCUT2D eigenvalue weighted by Gasteiger charge is -2.17. The molecule has 0 radical (unpaired) electrons. The highest BCUT2D eigenvalue weighted by molar-refractivity contribution is 4.97. The van der Waals surface area contributed by atoms with E-state index in [9.17, 15) is 0 Å². The zero-order valence-corrected chi connectivity index (χ0v) is 8.68. The van der Waals surface area contributed by atoms with Crippen LogP contribution in [0.4, 0.5) is 0 Å². The van der Waals surface area contributed by atoms with Crippen molar-refractivity contribution in [2.75, 3.05) is 6.54 Å². The number of rotatable bonds is 6. The van der Waals surface area contributed by atoms with Gasteiger partial charge in [0.2, 0.25) is 0 Å². The van der Waals surface area contributed by atoms with Crippen LogP contribution in [0.3, 0.4) is 0 Å². The van der Waals surface area contributed by atoms with E-state index in [2.05, 4.69) is 18.8 Å². The summed E-state index contributed by atoms with van der Waals surface area (Å²) in [5.41, 5.74) is 1.30. The minimum absolute atomic E-state index is 0.861. The van der Waals surface area contributed by atoms with E-state index >= 15 is 0 Å². The van der Waals surface area contributed by atoms with Crippen LogP contribution in [-0.2, 0) is 0 Å². The Kier molecular flexibility index (Phi) is 2.73. The van der Waals surface area contributed by atoms with E-state index in [0.717, 1.165) is 30.8 Å². The second kappa shape index (κ2) is 3.83. The molecule has 0 aliphatic heterocycles. The van der Waals surface area contributed by atoms with Crippen LogP contribution in [0.15, 0.2) is 12.2 Å². The van der Waals surface area contributed by atoms with Gasteiger partial charge < -0.3 is 5.32 Å². The van der Waals surface area contributed by atoms with Crippen LogP contribution in [0.2, 0.25) is 0 Å². The largest absolute Gasteiger partial charge is 0.313 e. The minimum atomic E-state index is 0.861. The van der Waals surface area contributed by atoms with Crippen LogP contribution in [0.5, 0.6) is 0 Å². The summed E-state index contributed by atoms with van der Waals surface area (Å²) in [6.45, 7) is 7.19. The lowest BCUT2D eigenvalue weighted by atomic mass is 10.1. The summed E-state index contributed by atoms with van der Waals surface area (Å²) in [4.78, 5) is 0. The highest BCUT2D eigenvalue weighted by Crippen LogP contribution is 2.44. The maximum absolute atomic E-state index is 3.93. The molecule has 2 aliphatic carbocycles. The van der Waals surface area contributed by atoms with E-state index in [1.807, 2.05) is 0 Å². The zero-order chi connectivity index (χ0) is 9.26. The van der Waals surface area contributed by atoms with Gasteiger partial charge in [-0.3, -0.25) is 0 Å². The third kappa shape index (κ3) is 2.84. The predicted molar refractivity (Wildman–Crippen MR) is 56.7 cm³/mol. The molecule has 0 aromatic heterocycles. The van der Waals surface area contributed by atoms with Gasteiger partial charge in [0, 0.05) is 6.04 Å². The quantitative estimate of drug-likeness (QED) is 0.618. The normalized spacial score (nSPS) is 22.3. The molecule has 1 heteroatoms. The molecule has 0 bridgehead atoms. The Bertz CT molecular complexity index is 177. The summed E-state index contributed by atoms with van der Waals surface area (Å²) in [5.74, 6) is 2.05. The van der Waals surface area contributed by atoms with Crippen LogP contribution >= 0.6 is 0 Å². The summed E-state index contributed by atoms with van der Waals surface area (Å²) < 4.78 is 0. The van der Waals surface area contributed by atoms with Crippen LogP contribution < -0.4 is 5.32 Å². The van der Waals surface area contributed by atoms with Gasteiger partial charge in [-0.1, -0.05) is 5.57 Å². The second-order valence-corrected chi connectivity index (χ2v) is 4.86. The van der Waals surface area contributed by atoms with Crippen molar-refractivity contribution < 1.29 is 0 Å². The smallest absolute Gasteiger partial charge is 0.0124 e. The molecule has 0 spiro atoms. The average Bonchev–Trinajstić information content (AvgIpc) is 2.89. The molecule has 2 saturated carbocycles.